The lowest BCUT2D eigenvalue weighted by atomic mass is 9.99. The third-order valence-corrected chi connectivity index (χ3v) is 6.76. The lowest BCUT2D eigenvalue weighted by molar-refractivity contribution is 0.183. The van der Waals surface area contributed by atoms with Crippen LogP contribution in [0.25, 0.3) is 0 Å². The Morgan fingerprint density at radius 1 is 0.862 bits per heavy atom. The Bertz CT molecular complexity index is 834. The Kier molecular flexibility index (Phi) is 6.93. The minimum atomic E-state index is 0.0711. The van der Waals surface area contributed by atoms with Crippen molar-refractivity contribution >= 4 is 28.7 Å². The van der Waals surface area contributed by atoms with Crippen molar-refractivity contribution in [2.24, 2.45) is 0 Å². The van der Waals surface area contributed by atoms with E-state index in [-0.39, 0.29) is 6.04 Å². The van der Waals surface area contributed by atoms with Crippen LogP contribution in [0, 0.1) is 0 Å². The van der Waals surface area contributed by atoms with Gasteiger partial charge in [-0.05, 0) is 41.2 Å². The molecule has 1 aliphatic rings. The van der Waals surface area contributed by atoms with Gasteiger partial charge >= 0.3 is 0 Å². The van der Waals surface area contributed by atoms with Crippen molar-refractivity contribution in [3.63, 3.8) is 0 Å². The monoisotopic (exact) mass is 421 g/mol. The summed E-state index contributed by atoms with van der Waals surface area (Å²) in [5, 5.41) is 6.64. The zero-order valence-electron chi connectivity index (χ0n) is 16.5. The molecule has 3 aromatic rings. The third-order valence-electron chi connectivity index (χ3n) is 5.45. The normalized spacial score (nSPS) is 14.9. The van der Waals surface area contributed by atoms with E-state index >= 15 is 0 Å². The Morgan fingerprint density at radius 2 is 1.48 bits per heavy atom. The Balaban J connectivity index is 1.35. The van der Waals surface area contributed by atoms with Crippen molar-refractivity contribution < 1.29 is 0 Å². The van der Waals surface area contributed by atoms with Crippen LogP contribution in [0.15, 0.2) is 78.2 Å². The molecule has 1 aromatic heterocycles. The molecule has 1 aliphatic heterocycles. The Labute approximate surface area is 183 Å². The predicted molar refractivity (Wildman–Crippen MR) is 126 cm³/mol. The summed E-state index contributed by atoms with van der Waals surface area (Å²) in [7, 11) is 0. The minimum Gasteiger partial charge on any atom is -0.352 e. The number of rotatable bonds is 6. The number of benzene rings is 2. The number of thiocarbonyl (C=S) groups is 1. The molecule has 1 fully saturated rings. The molecule has 0 saturated carbocycles. The first-order valence-electron chi connectivity index (χ1n) is 10.2. The maximum absolute atomic E-state index is 5.82. The van der Waals surface area contributed by atoms with Gasteiger partial charge in [0.2, 0.25) is 0 Å². The van der Waals surface area contributed by atoms with E-state index in [2.05, 4.69) is 93.3 Å². The van der Waals surface area contributed by atoms with Crippen LogP contribution in [0.4, 0.5) is 0 Å². The maximum atomic E-state index is 5.82. The zero-order valence-corrected chi connectivity index (χ0v) is 18.2. The largest absolute Gasteiger partial charge is 0.352 e. The van der Waals surface area contributed by atoms with Gasteiger partial charge < -0.3 is 10.2 Å². The van der Waals surface area contributed by atoms with E-state index in [1.165, 1.54) is 16.0 Å². The first-order chi connectivity index (χ1) is 14.3. The van der Waals surface area contributed by atoms with E-state index < -0.39 is 0 Å². The molecule has 0 amide bonds. The third kappa shape index (κ3) is 5.44. The summed E-state index contributed by atoms with van der Waals surface area (Å²) in [6, 6.07) is 25.5. The zero-order chi connectivity index (χ0) is 19.9. The van der Waals surface area contributed by atoms with Gasteiger partial charge in [-0.1, -0.05) is 66.7 Å². The Morgan fingerprint density at radius 3 is 2.03 bits per heavy atom. The highest BCUT2D eigenvalue weighted by Gasteiger charge is 2.22. The SMILES string of the molecule is S=C(NC(c1ccccc1)c1ccccc1)N1CCN(CCc2cccs2)CC1. The second-order valence-corrected chi connectivity index (χ2v) is 8.78. The summed E-state index contributed by atoms with van der Waals surface area (Å²) in [6.45, 7) is 5.22. The fraction of sp³-hybridized carbons (Fsp3) is 0.292. The lowest BCUT2D eigenvalue weighted by Crippen LogP contribution is -2.52. The van der Waals surface area contributed by atoms with Crippen molar-refractivity contribution in [1.29, 1.82) is 0 Å². The van der Waals surface area contributed by atoms with Crippen molar-refractivity contribution in [1.82, 2.24) is 15.1 Å². The van der Waals surface area contributed by atoms with Crippen LogP contribution in [-0.4, -0.2) is 47.6 Å². The summed E-state index contributed by atoms with van der Waals surface area (Å²) in [5.41, 5.74) is 2.46. The number of nitrogens with one attached hydrogen (secondary N) is 1. The molecule has 1 N–H and O–H groups in total. The molecule has 0 spiro atoms. The number of hydrogen-bond donors (Lipinski definition) is 1. The van der Waals surface area contributed by atoms with E-state index in [9.17, 15) is 0 Å². The van der Waals surface area contributed by atoms with Crippen LogP contribution >= 0.6 is 23.6 Å². The molecule has 3 nitrogen and oxygen atoms in total. The van der Waals surface area contributed by atoms with E-state index in [1.807, 2.05) is 11.3 Å². The molecule has 0 radical (unpaired) electrons. The minimum absolute atomic E-state index is 0.0711. The first-order valence-corrected chi connectivity index (χ1v) is 11.5. The van der Waals surface area contributed by atoms with Crippen LogP contribution in [-0.2, 0) is 6.42 Å². The van der Waals surface area contributed by atoms with Gasteiger partial charge in [0.15, 0.2) is 5.11 Å². The van der Waals surface area contributed by atoms with Crippen molar-refractivity contribution in [2.45, 2.75) is 12.5 Å². The van der Waals surface area contributed by atoms with Crippen LogP contribution in [0.1, 0.15) is 22.0 Å². The lowest BCUT2D eigenvalue weighted by Gasteiger charge is -2.37. The van der Waals surface area contributed by atoms with E-state index in [4.69, 9.17) is 12.2 Å². The highest BCUT2D eigenvalue weighted by molar-refractivity contribution is 7.80. The molecule has 0 unspecified atom stereocenters. The topological polar surface area (TPSA) is 18.5 Å². The molecule has 150 valence electrons. The molecule has 29 heavy (non-hydrogen) atoms. The molecular formula is C24H27N3S2. The van der Waals surface area contributed by atoms with Crippen molar-refractivity contribution in [2.75, 3.05) is 32.7 Å². The molecule has 5 heteroatoms. The summed E-state index contributed by atoms with van der Waals surface area (Å²) < 4.78 is 0. The molecule has 2 heterocycles. The molecule has 0 atom stereocenters. The maximum Gasteiger partial charge on any atom is 0.169 e. The number of nitrogens with zero attached hydrogens (tertiary/aromatic N) is 2. The molecular weight excluding hydrogens is 394 g/mol. The molecule has 2 aromatic carbocycles. The highest BCUT2D eigenvalue weighted by Crippen LogP contribution is 2.22. The van der Waals surface area contributed by atoms with Crippen molar-refractivity contribution in [3.05, 3.63) is 94.2 Å². The first kappa shape index (κ1) is 20.1. The fourth-order valence-electron chi connectivity index (χ4n) is 3.76. The quantitative estimate of drug-likeness (QED) is 0.587. The summed E-state index contributed by atoms with van der Waals surface area (Å²) in [6.07, 6.45) is 1.14. The molecule has 0 aliphatic carbocycles. The average molecular weight is 422 g/mol. The molecule has 0 bridgehead atoms. The number of thiophene rings is 1. The standard InChI is InChI=1S/C24H27N3S2/c28-24(27-17-15-26(16-18-27)14-13-22-12-7-19-29-22)25-23(20-8-3-1-4-9-20)21-10-5-2-6-11-21/h1-12,19,23H,13-18H2,(H,25,28). The van der Waals surface area contributed by atoms with Crippen molar-refractivity contribution in [3.8, 4) is 0 Å². The highest BCUT2D eigenvalue weighted by atomic mass is 32.1. The molecule has 1 saturated heterocycles. The summed E-state index contributed by atoms with van der Waals surface area (Å²) >= 11 is 7.67. The van der Waals surface area contributed by atoms with Crippen LogP contribution in [0.2, 0.25) is 0 Å². The van der Waals surface area contributed by atoms with Gasteiger partial charge in [-0.3, -0.25) is 4.90 Å². The van der Waals surface area contributed by atoms with Gasteiger partial charge in [0.25, 0.3) is 0 Å². The van der Waals surface area contributed by atoms with Gasteiger partial charge in [-0.25, -0.2) is 0 Å². The van der Waals surface area contributed by atoms with E-state index in [1.54, 1.807) is 0 Å². The second kappa shape index (κ2) is 10.0. The van der Waals surface area contributed by atoms with Gasteiger partial charge in [0, 0.05) is 37.6 Å². The predicted octanol–water partition coefficient (Wildman–Crippen LogP) is 4.57. The smallest absolute Gasteiger partial charge is 0.169 e. The van der Waals surface area contributed by atoms with Gasteiger partial charge in [-0.2, -0.15) is 0 Å². The number of piperazine rings is 1. The van der Waals surface area contributed by atoms with Crippen LogP contribution in [0.5, 0.6) is 0 Å². The number of hydrogen-bond acceptors (Lipinski definition) is 3. The van der Waals surface area contributed by atoms with Gasteiger partial charge in [0.1, 0.15) is 0 Å². The van der Waals surface area contributed by atoms with E-state index in [0.29, 0.717) is 0 Å². The summed E-state index contributed by atoms with van der Waals surface area (Å²) in [5.74, 6) is 0. The summed E-state index contributed by atoms with van der Waals surface area (Å²) in [4.78, 5) is 6.33. The molecule has 4 rings (SSSR count). The Hall–Kier alpha value is -2.21. The van der Waals surface area contributed by atoms with Gasteiger partial charge in [0.05, 0.1) is 6.04 Å². The van der Waals surface area contributed by atoms with E-state index in [0.717, 1.165) is 44.3 Å². The average Bonchev–Trinajstić information content (AvgIpc) is 3.31. The van der Waals surface area contributed by atoms with Crippen LogP contribution < -0.4 is 5.32 Å². The van der Waals surface area contributed by atoms with Gasteiger partial charge in [-0.15, -0.1) is 11.3 Å². The fourth-order valence-corrected chi connectivity index (χ4v) is 4.76. The van der Waals surface area contributed by atoms with Crippen LogP contribution in [0.3, 0.4) is 0 Å². The second-order valence-electron chi connectivity index (χ2n) is 7.36.